The lowest BCUT2D eigenvalue weighted by atomic mass is 9.77. The fraction of sp³-hybridized carbons (Fsp3) is 0.786. The van der Waals surface area contributed by atoms with E-state index in [1.165, 1.54) is 0 Å². The molecule has 20 heavy (non-hydrogen) atoms. The largest absolute Gasteiger partial charge is 0.481 e. The van der Waals surface area contributed by atoms with E-state index in [2.05, 4.69) is 22.0 Å². The van der Waals surface area contributed by atoms with E-state index in [0.29, 0.717) is 31.2 Å². The zero-order valence-electron chi connectivity index (χ0n) is 12.3. The Kier molecular flexibility index (Phi) is 4.75. The van der Waals surface area contributed by atoms with E-state index in [4.69, 9.17) is 4.52 Å². The van der Waals surface area contributed by atoms with Gasteiger partial charge in [-0.3, -0.25) is 9.69 Å². The smallest absolute Gasteiger partial charge is 0.310 e. The molecular formula is C14H23N3O3. The third-order valence-electron chi connectivity index (χ3n) is 4.13. The summed E-state index contributed by atoms with van der Waals surface area (Å²) in [6.45, 7) is 6.05. The number of likely N-dealkylation sites (tertiary alicyclic amines) is 1. The number of nitrogens with zero attached hydrogens (tertiary/aromatic N) is 3. The topological polar surface area (TPSA) is 79.5 Å². The Bertz CT molecular complexity index is 460. The van der Waals surface area contributed by atoms with Crippen molar-refractivity contribution in [1.82, 2.24) is 15.0 Å². The second-order valence-corrected chi connectivity index (χ2v) is 5.61. The van der Waals surface area contributed by atoms with Gasteiger partial charge in [-0.25, -0.2) is 0 Å². The van der Waals surface area contributed by atoms with E-state index in [1.807, 2.05) is 6.92 Å². The van der Waals surface area contributed by atoms with Gasteiger partial charge in [0, 0.05) is 13.0 Å². The summed E-state index contributed by atoms with van der Waals surface area (Å²) in [5, 5.41) is 13.4. The van der Waals surface area contributed by atoms with Crippen molar-refractivity contribution in [3.05, 3.63) is 11.7 Å². The molecule has 1 atom stereocenters. The summed E-state index contributed by atoms with van der Waals surface area (Å²) in [4.78, 5) is 18.0. The van der Waals surface area contributed by atoms with Crippen molar-refractivity contribution < 1.29 is 14.4 Å². The molecule has 0 bridgehead atoms. The highest BCUT2D eigenvalue weighted by molar-refractivity contribution is 5.75. The van der Waals surface area contributed by atoms with Gasteiger partial charge in [-0.2, -0.15) is 4.98 Å². The van der Waals surface area contributed by atoms with Crippen LogP contribution in [0.15, 0.2) is 4.52 Å². The van der Waals surface area contributed by atoms with Crippen molar-refractivity contribution >= 4 is 5.97 Å². The van der Waals surface area contributed by atoms with Crippen molar-refractivity contribution in [1.29, 1.82) is 0 Å². The average molecular weight is 281 g/mol. The predicted molar refractivity (Wildman–Crippen MR) is 73.2 cm³/mol. The summed E-state index contributed by atoms with van der Waals surface area (Å²) in [5.41, 5.74) is -0.617. The van der Waals surface area contributed by atoms with Crippen LogP contribution in [0.3, 0.4) is 0 Å². The Labute approximate surface area is 119 Å². The molecule has 0 saturated carbocycles. The molecule has 0 spiro atoms. The maximum absolute atomic E-state index is 11.5. The van der Waals surface area contributed by atoms with Crippen LogP contribution in [-0.2, 0) is 17.8 Å². The van der Waals surface area contributed by atoms with E-state index >= 15 is 0 Å². The van der Waals surface area contributed by atoms with Crippen LogP contribution in [0, 0.1) is 5.41 Å². The molecule has 6 heteroatoms. The number of rotatable bonds is 6. The molecule has 1 unspecified atom stereocenters. The van der Waals surface area contributed by atoms with Crippen LogP contribution >= 0.6 is 0 Å². The van der Waals surface area contributed by atoms with Crippen LogP contribution in [0.25, 0.3) is 0 Å². The maximum Gasteiger partial charge on any atom is 0.310 e. The van der Waals surface area contributed by atoms with Gasteiger partial charge in [0.15, 0.2) is 5.82 Å². The predicted octanol–water partition coefficient (Wildman–Crippen LogP) is 2.10. The zero-order valence-corrected chi connectivity index (χ0v) is 12.3. The Morgan fingerprint density at radius 3 is 2.95 bits per heavy atom. The summed E-state index contributed by atoms with van der Waals surface area (Å²) in [6.07, 6.45) is 4.08. The van der Waals surface area contributed by atoms with Crippen LogP contribution < -0.4 is 0 Å². The number of aryl methyl sites for hydroxylation is 1. The monoisotopic (exact) mass is 281 g/mol. The van der Waals surface area contributed by atoms with Crippen molar-refractivity contribution in [2.45, 2.75) is 52.5 Å². The number of carbonyl (C=O) groups is 1. The molecule has 1 fully saturated rings. The molecule has 0 aromatic carbocycles. The number of hydrogen-bond donors (Lipinski definition) is 1. The highest BCUT2D eigenvalue weighted by Crippen LogP contribution is 2.34. The third kappa shape index (κ3) is 3.17. The summed E-state index contributed by atoms with van der Waals surface area (Å²) < 4.78 is 5.17. The second kappa shape index (κ2) is 6.35. The van der Waals surface area contributed by atoms with Gasteiger partial charge in [-0.15, -0.1) is 0 Å². The molecule has 2 heterocycles. The first-order valence-corrected chi connectivity index (χ1v) is 7.37. The molecule has 1 N–H and O–H groups in total. The lowest BCUT2D eigenvalue weighted by Gasteiger charge is -2.38. The normalized spacial score (nSPS) is 23.9. The maximum atomic E-state index is 11.5. The molecule has 112 valence electrons. The van der Waals surface area contributed by atoms with Crippen molar-refractivity contribution in [2.75, 3.05) is 13.1 Å². The standard InChI is InChI=1S/C14H23N3O3/c1-3-6-12-15-11(16-20-12)9-17-8-5-7-14(4-2,10-17)13(18)19/h3-10H2,1-2H3,(H,18,19). The average Bonchev–Trinajstić information content (AvgIpc) is 2.86. The molecule has 0 aliphatic carbocycles. The highest BCUT2D eigenvalue weighted by Gasteiger charge is 2.40. The van der Waals surface area contributed by atoms with Gasteiger partial charge in [0.25, 0.3) is 0 Å². The number of aromatic nitrogens is 2. The van der Waals surface area contributed by atoms with Crippen LogP contribution in [0.5, 0.6) is 0 Å². The van der Waals surface area contributed by atoms with Gasteiger partial charge in [0.1, 0.15) is 0 Å². The second-order valence-electron chi connectivity index (χ2n) is 5.61. The fourth-order valence-electron chi connectivity index (χ4n) is 2.85. The number of piperidine rings is 1. The van der Waals surface area contributed by atoms with Crippen molar-refractivity contribution in [2.24, 2.45) is 5.41 Å². The minimum absolute atomic E-state index is 0.566. The van der Waals surface area contributed by atoms with Crippen LogP contribution in [-0.4, -0.2) is 39.2 Å². The molecular weight excluding hydrogens is 258 g/mol. The van der Waals surface area contributed by atoms with Gasteiger partial charge >= 0.3 is 5.97 Å². The minimum Gasteiger partial charge on any atom is -0.481 e. The van der Waals surface area contributed by atoms with E-state index in [1.54, 1.807) is 0 Å². The van der Waals surface area contributed by atoms with Gasteiger partial charge in [0.2, 0.25) is 5.89 Å². The summed E-state index contributed by atoms with van der Waals surface area (Å²) in [7, 11) is 0. The summed E-state index contributed by atoms with van der Waals surface area (Å²) in [5.74, 6) is 0.634. The summed E-state index contributed by atoms with van der Waals surface area (Å²) in [6, 6.07) is 0. The molecule has 1 aromatic rings. The molecule has 2 rings (SSSR count). The molecule has 1 aliphatic rings. The quantitative estimate of drug-likeness (QED) is 0.860. The van der Waals surface area contributed by atoms with E-state index in [9.17, 15) is 9.90 Å². The van der Waals surface area contributed by atoms with Crippen molar-refractivity contribution in [3.8, 4) is 0 Å². The fourth-order valence-corrected chi connectivity index (χ4v) is 2.85. The minimum atomic E-state index is -0.690. The molecule has 0 radical (unpaired) electrons. The SMILES string of the molecule is CCCc1nc(CN2CCCC(CC)(C(=O)O)C2)no1. The van der Waals surface area contributed by atoms with Crippen LogP contribution in [0.4, 0.5) is 0 Å². The highest BCUT2D eigenvalue weighted by atomic mass is 16.5. The van der Waals surface area contributed by atoms with E-state index in [0.717, 1.165) is 32.2 Å². The first-order chi connectivity index (χ1) is 9.59. The number of aliphatic carboxylic acids is 1. The lowest BCUT2D eigenvalue weighted by Crippen LogP contribution is -2.47. The lowest BCUT2D eigenvalue weighted by molar-refractivity contribution is -0.153. The Hall–Kier alpha value is -1.43. The van der Waals surface area contributed by atoms with E-state index in [-0.39, 0.29) is 0 Å². The summed E-state index contributed by atoms with van der Waals surface area (Å²) >= 11 is 0. The molecule has 6 nitrogen and oxygen atoms in total. The number of carboxylic acids is 1. The third-order valence-corrected chi connectivity index (χ3v) is 4.13. The first-order valence-electron chi connectivity index (χ1n) is 7.37. The number of carboxylic acid groups (broad SMARTS) is 1. The molecule has 0 amide bonds. The molecule has 1 aliphatic heterocycles. The number of hydrogen-bond acceptors (Lipinski definition) is 5. The molecule has 1 saturated heterocycles. The van der Waals surface area contributed by atoms with E-state index < -0.39 is 11.4 Å². The van der Waals surface area contributed by atoms with Gasteiger partial charge in [-0.05, 0) is 32.2 Å². The molecule has 1 aromatic heterocycles. The Morgan fingerprint density at radius 2 is 2.30 bits per heavy atom. The first kappa shape index (κ1) is 15.0. The van der Waals surface area contributed by atoms with Gasteiger partial charge in [0.05, 0.1) is 12.0 Å². The Morgan fingerprint density at radius 1 is 1.50 bits per heavy atom. The van der Waals surface area contributed by atoms with Crippen LogP contribution in [0.1, 0.15) is 51.2 Å². The Balaban J connectivity index is 2.00. The van der Waals surface area contributed by atoms with Gasteiger partial charge < -0.3 is 9.63 Å². The van der Waals surface area contributed by atoms with Gasteiger partial charge in [-0.1, -0.05) is 19.0 Å². The van der Waals surface area contributed by atoms with Crippen LogP contribution in [0.2, 0.25) is 0 Å². The van der Waals surface area contributed by atoms with Crippen molar-refractivity contribution in [3.63, 3.8) is 0 Å². The zero-order chi connectivity index (χ0) is 14.6.